The van der Waals surface area contributed by atoms with E-state index in [1.54, 1.807) is 18.2 Å². The molecule has 1 aliphatic heterocycles. The Balaban J connectivity index is 1.83. The van der Waals surface area contributed by atoms with Crippen molar-refractivity contribution in [3.05, 3.63) is 59.2 Å². The smallest absolute Gasteiger partial charge is 0.337 e. The number of hydrazone groups is 1. The summed E-state index contributed by atoms with van der Waals surface area (Å²) in [6, 6.07) is 12.2. The zero-order valence-electron chi connectivity index (χ0n) is 12.5. The zero-order valence-corrected chi connectivity index (χ0v) is 12.5. The minimum Gasteiger partial charge on any atom is -0.478 e. The topological polar surface area (TPSA) is 90.8 Å². The molecule has 0 atom stereocenters. The minimum absolute atomic E-state index is 0.0137. The number of carbonyl (C=O) groups excluding carboxylic acids is 1. The third-order valence-electron chi connectivity index (χ3n) is 3.65. The molecule has 0 aliphatic carbocycles. The summed E-state index contributed by atoms with van der Waals surface area (Å²) in [7, 11) is 0. The van der Waals surface area contributed by atoms with Crippen LogP contribution in [0.2, 0.25) is 0 Å². The number of nitrogens with zero attached hydrogens (tertiary/aromatic N) is 1. The molecule has 23 heavy (non-hydrogen) atoms. The normalized spacial score (nSPS) is 13.4. The fourth-order valence-electron chi connectivity index (χ4n) is 2.43. The number of carboxylic acids is 1. The van der Waals surface area contributed by atoms with E-state index >= 15 is 0 Å². The Hall–Kier alpha value is -3.15. The molecule has 116 valence electrons. The van der Waals surface area contributed by atoms with E-state index in [1.165, 1.54) is 6.07 Å². The molecule has 1 heterocycles. The highest BCUT2D eigenvalue weighted by Crippen LogP contribution is 2.24. The molecule has 0 saturated carbocycles. The van der Waals surface area contributed by atoms with Gasteiger partial charge in [-0.05, 0) is 42.3 Å². The summed E-state index contributed by atoms with van der Waals surface area (Å²) < 4.78 is 0. The quantitative estimate of drug-likeness (QED) is 0.598. The SMILES string of the molecule is CC(=NNc1ccccc1C(=O)O)c1ccc2c(c1)CC(=O)N2. The second-order valence-electron chi connectivity index (χ2n) is 5.26. The molecular weight excluding hydrogens is 294 g/mol. The molecule has 0 radical (unpaired) electrons. The lowest BCUT2D eigenvalue weighted by Crippen LogP contribution is -2.05. The van der Waals surface area contributed by atoms with E-state index < -0.39 is 5.97 Å². The van der Waals surface area contributed by atoms with Crippen LogP contribution in [-0.4, -0.2) is 22.7 Å². The first-order valence-electron chi connectivity index (χ1n) is 7.10. The summed E-state index contributed by atoms with van der Waals surface area (Å²) in [5.41, 5.74) is 6.73. The molecule has 0 saturated heterocycles. The monoisotopic (exact) mass is 309 g/mol. The second kappa shape index (κ2) is 5.92. The molecule has 0 fully saturated rings. The molecule has 0 aromatic heterocycles. The van der Waals surface area contributed by atoms with Gasteiger partial charge in [-0.25, -0.2) is 4.79 Å². The Bertz CT molecular complexity index is 828. The van der Waals surface area contributed by atoms with Crippen LogP contribution in [0.1, 0.15) is 28.4 Å². The van der Waals surface area contributed by atoms with E-state index in [1.807, 2.05) is 25.1 Å². The number of hydrogen-bond donors (Lipinski definition) is 3. The molecule has 2 aromatic carbocycles. The highest BCUT2D eigenvalue weighted by Gasteiger charge is 2.17. The number of aromatic carboxylic acids is 1. The molecule has 3 N–H and O–H groups in total. The highest BCUT2D eigenvalue weighted by atomic mass is 16.4. The highest BCUT2D eigenvalue weighted by molar-refractivity contribution is 6.03. The summed E-state index contributed by atoms with van der Waals surface area (Å²) >= 11 is 0. The van der Waals surface area contributed by atoms with Crippen molar-refractivity contribution in [1.82, 2.24) is 0 Å². The van der Waals surface area contributed by atoms with Crippen molar-refractivity contribution in [2.45, 2.75) is 13.3 Å². The van der Waals surface area contributed by atoms with Crippen molar-refractivity contribution in [2.24, 2.45) is 5.10 Å². The Labute approximate surface area is 132 Å². The van der Waals surface area contributed by atoms with E-state index in [0.717, 1.165) is 16.8 Å². The van der Waals surface area contributed by atoms with Gasteiger partial charge >= 0.3 is 5.97 Å². The summed E-state index contributed by atoms with van der Waals surface area (Å²) in [5.74, 6) is -1.02. The Kier molecular flexibility index (Phi) is 3.80. The van der Waals surface area contributed by atoms with Gasteiger partial charge in [-0.15, -0.1) is 0 Å². The maximum absolute atomic E-state index is 11.4. The standard InChI is InChI=1S/C17H15N3O3/c1-10(11-6-7-14-12(8-11)9-16(21)18-14)19-20-15-5-3-2-4-13(15)17(22)23/h2-8,20H,9H2,1H3,(H,18,21)(H,22,23). The van der Waals surface area contributed by atoms with Crippen LogP contribution in [0.3, 0.4) is 0 Å². The summed E-state index contributed by atoms with van der Waals surface area (Å²) in [6.07, 6.45) is 0.367. The average Bonchev–Trinajstić information content (AvgIpc) is 2.91. The molecular formula is C17H15N3O3. The van der Waals surface area contributed by atoms with Crippen LogP contribution < -0.4 is 10.7 Å². The lowest BCUT2D eigenvalue weighted by molar-refractivity contribution is -0.115. The molecule has 0 unspecified atom stereocenters. The predicted octanol–water partition coefficient (Wildman–Crippen LogP) is 2.72. The zero-order chi connectivity index (χ0) is 16.4. The lowest BCUT2D eigenvalue weighted by Gasteiger charge is -2.07. The van der Waals surface area contributed by atoms with Crippen molar-refractivity contribution in [3.63, 3.8) is 0 Å². The molecule has 1 amide bonds. The van der Waals surface area contributed by atoms with Crippen molar-refractivity contribution >= 4 is 29.0 Å². The van der Waals surface area contributed by atoms with Gasteiger partial charge in [-0.1, -0.05) is 18.2 Å². The number of benzene rings is 2. The number of nitrogens with one attached hydrogen (secondary N) is 2. The Morgan fingerprint density at radius 2 is 2.04 bits per heavy atom. The summed E-state index contributed by atoms with van der Waals surface area (Å²) in [4.78, 5) is 22.6. The molecule has 6 heteroatoms. The molecule has 0 spiro atoms. The summed E-state index contributed by atoms with van der Waals surface area (Å²) in [6.45, 7) is 1.82. The minimum atomic E-state index is -1.01. The first-order chi connectivity index (χ1) is 11.0. The molecule has 0 bridgehead atoms. The van der Waals surface area contributed by atoms with Gasteiger partial charge in [0, 0.05) is 5.69 Å². The van der Waals surface area contributed by atoms with E-state index in [0.29, 0.717) is 17.8 Å². The van der Waals surface area contributed by atoms with Crippen LogP contribution >= 0.6 is 0 Å². The van der Waals surface area contributed by atoms with Gasteiger partial charge in [0.25, 0.3) is 0 Å². The number of hydrogen-bond acceptors (Lipinski definition) is 4. The maximum Gasteiger partial charge on any atom is 0.337 e. The first kappa shape index (κ1) is 14.8. The molecule has 6 nitrogen and oxygen atoms in total. The fourth-order valence-corrected chi connectivity index (χ4v) is 2.43. The van der Waals surface area contributed by atoms with Crippen LogP contribution in [0.25, 0.3) is 0 Å². The number of anilines is 2. The van der Waals surface area contributed by atoms with Crippen molar-refractivity contribution in [2.75, 3.05) is 10.7 Å². The van der Waals surface area contributed by atoms with E-state index in [-0.39, 0.29) is 11.5 Å². The van der Waals surface area contributed by atoms with Gasteiger partial charge in [0.15, 0.2) is 0 Å². The van der Waals surface area contributed by atoms with Crippen LogP contribution in [0, 0.1) is 0 Å². The number of fused-ring (bicyclic) bond motifs is 1. The van der Waals surface area contributed by atoms with Crippen LogP contribution in [-0.2, 0) is 11.2 Å². The van der Waals surface area contributed by atoms with Crippen molar-refractivity contribution < 1.29 is 14.7 Å². The Morgan fingerprint density at radius 1 is 1.26 bits per heavy atom. The fraction of sp³-hybridized carbons (Fsp3) is 0.118. The van der Waals surface area contributed by atoms with Gasteiger partial charge in [0.2, 0.25) is 5.91 Å². The van der Waals surface area contributed by atoms with Crippen LogP contribution in [0.4, 0.5) is 11.4 Å². The molecule has 3 rings (SSSR count). The second-order valence-corrected chi connectivity index (χ2v) is 5.26. The third-order valence-corrected chi connectivity index (χ3v) is 3.65. The average molecular weight is 309 g/mol. The molecule has 1 aliphatic rings. The van der Waals surface area contributed by atoms with Crippen molar-refractivity contribution in [1.29, 1.82) is 0 Å². The third kappa shape index (κ3) is 3.06. The van der Waals surface area contributed by atoms with Gasteiger partial charge in [0.1, 0.15) is 0 Å². The van der Waals surface area contributed by atoms with Gasteiger partial charge < -0.3 is 10.4 Å². The van der Waals surface area contributed by atoms with E-state index in [9.17, 15) is 9.59 Å². The number of amides is 1. The maximum atomic E-state index is 11.4. The number of carboxylic acid groups (broad SMARTS) is 1. The van der Waals surface area contributed by atoms with Gasteiger partial charge in [-0.3, -0.25) is 10.2 Å². The van der Waals surface area contributed by atoms with Crippen LogP contribution in [0.5, 0.6) is 0 Å². The summed E-state index contributed by atoms with van der Waals surface area (Å²) in [5, 5.41) is 16.2. The van der Waals surface area contributed by atoms with E-state index in [2.05, 4.69) is 15.8 Å². The molecule has 2 aromatic rings. The first-order valence-corrected chi connectivity index (χ1v) is 7.10. The Morgan fingerprint density at radius 3 is 2.83 bits per heavy atom. The number of rotatable bonds is 4. The van der Waals surface area contributed by atoms with Crippen molar-refractivity contribution in [3.8, 4) is 0 Å². The predicted molar refractivity (Wildman–Crippen MR) is 88.0 cm³/mol. The number of para-hydroxylation sites is 1. The van der Waals surface area contributed by atoms with Gasteiger partial charge in [0.05, 0.1) is 23.4 Å². The largest absolute Gasteiger partial charge is 0.478 e. The number of carbonyl (C=O) groups is 2. The lowest BCUT2D eigenvalue weighted by atomic mass is 10.1. The van der Waals surface area contributed by atoms with E-state index in [4.69, 9.17) is 5.11 Å². The van der Waals surface area contributed by atoms with Gasteiger partial charge in [-0.2, -0.15) is 5.10 Å². The van der Waals surface area contributed by atoms with Crippen LogP contribution in [0.15, 0.2) is 47.6 Å².